The van der Waals surface area contributed by atoms with E-state index in [1.807, 2.05) is 17.0 Å². The first-order chi connectivity index (χ1) is 12.6. The van der Waals surface area contributed by atoms with E-state index < -0.39 is 0 Å². The molecule has 1 aliphatic heterocycles. The van der Waals surface area contributed by atoms with Crippen LogP contribution in [0.2, 0.25) is 0 Å². The Morgan fingerprint density at radius 1 is 1.04 bits per heavy atom. The second-order valence-corrected chi connectivity index (χ2v) is 6.34. The number of rotatable bonds is 6. The van der Waals surface area contributed by atoms with E-state index in [1.54, 1.807) is 24.3 Å². The Balaban J connectivity index is 1.49. The Morgan fingerprint density at radius 3 is 2.50 bits per heavy atom. The fourth-order valence-electron chi connectivity index (χ4n) is 2.91. The molecule has 1 heterocycles. The first-order valence-corrected chi connectivity index (χ1v) is 8.76. The van der Waals surface area contributed by atoms with Gasteiger partial charge in [0.05, 0.1) is 6.54 Å². The van der Waals surface area contributed by atoms with Gasteiger partial charge in [-0.1, -0.05) is 18.2 Å². The summed E-state index contributed by atoms with van der Waals surface area (Å²) >= 11 is 0. The summed E-state index contributed by atoms with van der Waals surface area (Å²) < 4.78 is 12.9. The second kappa shape index (κ2) is 8.47. The van der Waals surface area contributed by atoms with Crippen molar-refractivity contribution in [2.24, 2.45) is 0 Å². The maximum Gasteiger partial charge on any atom is 0.253 e. The maximum absolute atomic E-state index is 12.9. The highest BCUT2D eigenvalue weighted by Gasteiger charge is 2.19. The van der Waals surface area contributed by atoms with Crippen molar-refractivity contribution < 1.29 is 14.0 Å². The van der Waals surface area contributed by atoms with Crippen LogP contribution in [0.4, 0.5) is 10.1 Å². The molecule has 0 aromatic heterocycles. The van der Waals surface area contributed by atoms with Gasteiger partial charge in [-0.15, -0.1) is 0 Å². The number of carbonyl (C=O) groups is 2. The molecule has 2 N–H and O–H groups in total. The molecule has 0 saturated carbocycles. The summed E-state index contributed by atoms with van der Waals surface area (Å²) in [4.78, 5) is 26.2. The third-order valence-corrected chi connectivity index (χ3v) is 4.36. The molecule has 0 bridgehead atoms. The van der Waals surface area contributed by atoms with Gasteiger partial charge in [0.1, 0.15) is 5.82 Å². The molecule has 2 aromatic rings. The summed E-state index contributed by atoms with van der Waals surface area (Å²) in [7, 11) is 0. The Morgan fingerprint density at radius 2 is 1.77 bits per heavy atom. The highest BCUT2D eigenvalue weighted by Crippen LogP contribution is 2.16. The van der Waals surface area contributed by atoms with Crippen molar-refractivity contribution in [3.05, 3.63) is 65.5 Å². The Kier molecular flexibility index (Phi) is 5.84. The van der Waals surface area contributed by atoms with Crippen molar-refractivity contribution in [3.8, 4) is 0 Å². The molecule has 5 nitrogen and oxygen atoms in total. The second-order valence-electron chi connectivity index (χ2n) is 6.34. The Labute approximate surface area is 152 Å². The van der Waals surface area contributed by atoms with E-state index in [2.05, 4.69) is 10.6 Å². The molecule has 1 saturated heterocycles. The van der Waals surface area contributed by atoms with Crippen LogP contribution in [0.3, 0.4) is 0 Å². The normalized spacial score (nSPS) is 13.5. The minimum absolute atomic E-state index is 0.0342. The lowest BCUT2D eigenvalue weighted by molar-refractivity contribution is -0.119. The smallest absolute Gasteiger partial charge is 0.253 e. The summed E-state index contributed by atoms with van der Waals surface area (Å²) in [6.45, 7) is 2.06. The SMILES string of the molecule is O=C(CNc1cccc(C(=O)N2CCCC2)c1)NCc1ccc(F)cc1. The van der Waals surface area contributed by atoms with Crippen LogP contribution in [0.5, 0.6) is 0 Å². The summed E-state index contributed by atoms with van der Waals surface area (Å²) in [5.41, 5.74) is 2.19. The van der Waals surface area contributed by atoms with Gasteiger partial charge >= 0.3 is 0 Å². The molecular weight excluding hydrogens is 333 g/mol. The van der Waals surface area contributed by atoms with Crippen LogP contribution in [0.15, 0.2) is 48.5 Å². The monoisotopic (exact) mass is 355 g/mol. The van der Waals surface area contributed by atoms with Crippen molar-refractivity contribution in [2.45, 2.75) is 19.4 Å². The van der Waals surface area contributed by atoms with Gasteiger partial charge in [-0.05, 0) is 48.7 Å². The summed E-state index contributed by atoms with van der Waals surface area (Å²) in [6, 6.07) is 13.2. The quantitative estimate of drug-likeness (QED) is 0.838. The first-order valence-electron chi connectivity index (χ1n) is 8.76. The third kappa shape index (κ3) is 4.81. The highest BCUT2D eigenvalue weighted by atomic mass is 19.1. The van der Waals surface area contributed by atoms with Crippen molar-refractivity contribution in [1.29, 1.82) is 0 Å². The largest absolute Gasteiger partial charge is 0.376 e. The first kappa shape index (κ1) is 17.9. The predicted octanol–water partition coefficient (Wildman–Crippen LogP) is 2.79. The number of hydrogen-bond acceptors (Lipinski definition) is 3. The van der Waals surface area contributed by atoms with Crippen LogP contribution >= 0.6 is 0 Å². The van der Waals surface area contributed by atoms with Crippen LogP contribution in [0, 0.1) is 5.82 Å². The molecule has 0 radical (unpaired) electrons. The molecule has 1 aliphatic rings. The maximum atomic E-state index is 12.9. The minimum atomic E-state index is -0.301. The van der Waals surface area contributed by atoms with Gasteiger partial charge < -0.3 is 15.5 Å². The van der Waals surface area contributed by atoms with E-state index in [-0.39, 0.29) is 24.2 Å². The Hall–Kier alpha value is -2.89. The van der Waals surface area contributed by atoms with Gasteiger partial charge in [0.25, 0.3) is 5.91 Å². The fraction of sp³-hybridized carbons (Fsp3) is 0.300. The number of benzene rings is 2. The van der Waals surface area contributed by atoms with Crippen LogP contribution in [0.25, 0.3) is 0 Å². The zero-order chi connectivity index (χ0) is 18.4. The van der Waals surface area contributed by atoms with Crippen LogP contribution in [0.1, 0.15) is 28.8 Å². The molecule has 0 unspecified atom stereocenters. The van der Waals surface area contributed by atoms with Crippen molar-refractivity contribution in [2.75, 3.05) is 25.0 Å². The lowest BCUT2D eigenvalue weighted by Crippen LogP contribution is -2.29. The van der Waals surface area contributed by atoms with E-state index in [4.69, 9.17) is 0 Å². The average Bonchev–Trinajstić information content (AvgIpc) is 3.20. The molecule has 0 aliphatic carbocycles. The molecule has 136 valence electrons. The molecule has 1 fully saturated rings. The molecule has 2 aromatic carbocycles. The fourth-order valence-corrected chi connectivity index (χ4v) is 2.91. The topological polar surface area (TPSA) is 61.4 Å². The minimum Gasteiger partial charge on any atom is -0.376 e. The molecular formula is C20H22FN3O2. The van der Waals surface area contributed by atoms with E-state index in [0.29, 0.717) is 12.1 Å². The number of hydrogen-bond donors (Lipinski definition) is 2. The number of nitrogens with one attached hydrogen (secondary N) is 2. The zero-order valence-corrected chi connectivity index (χ0v) is 14.5. The summed E-state index contributed by atoms with van der Waals surface area (Å²) in [5.74, 6) is -0.442. The summed E-state index contributed by atoms with van der Waals surface area (Å²) in [6.07, 6.45) is 2.11. The number of carbonyl (C=O) groups excluding carboxylic acids is 2. The van der Waals surface area contributed by atoms with Gasteiger partial charge in [-0.2, -0.15) is 0 Å². The van der Waals surface area contributed by atoms with Gasteiger partial charge in [0, 0.05) is 30.9 Å². The van der Waals surface area contributed by atoms with E-state index in [0.717, 1.165) is 37.2 Å². The molecule has 2 amide bonds. The summed E-state index contributed by atoms with van der Waals surface area (Å²) in [5, 5.41) is 5.80. The van der Waals surface area contributed by atoms with Gasteiger partial charge in [0.15, 0.2) is 0 Å². The van der Waals surface area contributed by atoms with E-state index >= 15 is 0 Å². The number of halogens is 1. The van der Waals surface area contributed by atoms with Crippen molar-refractivity contribution in [3.63, 3.8) is 0 Å². The number of amides is 2. The number of likely N-dealkylation sites (tertiary alicyclic amines) is 1. The lowest BCUT2D eigenvalue weighted by atomic mass is 10.1. The van der Waals surface area contributed by atoms with Gasteiger partial charge in [0.2, 0.25) is 5.91 Å². The van der Waals surface area contributed by atoms with Crippen LogP contribution < -0.4 is 10.6 Å². The molecule has 26 heavy (non-hydrogen) atoms. The predicted molar refractivity (Wildman–Crippen MR) is 98.3 cm³/mol. The van der Waals surface area contributed by atoms with Gasteiger partial charge in [-0.25, -0.2) is 4.39 Å². The van der Waals surface area contributed by atoms with E-state index in [1.165, 1.54) is 12.1 Å². The zero-order valence-electron chi connectivity index (χ0n) is 14.5. The van der Waals surface area contributed by atoms with Crippen LogP contribution in [-0.2, 0) is 11.3 Å². The molecule has 0 spiro atoms. The third-order valence-electron chi connectivity index (χ3n) is 4.36. The number of nitrogens with zero attached hydrogens (tertiary/aromatic N) is 1. The standard InChI is InChI=1S/C20H22FN3O2/c21-17-8-6-15(7-9-17)13-23-19(25)14-22-18-5-3-4-16(12-18)20(26)24-10-1-2-11-24/h3-9,12,22H,1-2,10-11,13-14H2,(H,23,25). The number of anilines is 1. The van der Waals surface area contributed by atoms with Gasteiger partial charge in [-0.3, -0.25) is 9.59 Å². The van der Waals surface area contributed by atoms with Crippen LogP contribution in [-0.4, -0.2) is 36.3 Å². The Bertz CT molecular complexity index is 771. The van der Waals surface area contributed by atoms with E-state index in [9.17, 15) is 14.0 Å². The molecule has 0 atom stereocenters. The highest BCUT2D eigenvalue weighted by molar-refractivity contribution is 5.95. The van der Waals surface area contributed by atoms with Crippen molar-refractivity contribution >= 4 is 17.5 Å². The average molecular weight is 355 g/mol. The molecule has 3 rings (SSSR count). The molecule has 6 heteroatoms. The van der Waals surface area contributed by atoms with Crippen molar-refractivity contribution in [1.82, 2.24) is 10.2 Å². The lowest BCUT2D eigenvalue weighted by Gasteiger charge is -2.16.